The van der Waals surface area contributed by atoms with Crippen LogP contribution in [0.15, 0.2) is 41.3 Å². The van der Waals surface area contributed by atoms with Crippen molar-refractivity contribution in [3.8, 4) is 0 Å². The summed E-state index contributed by atoms with van der Waals surface area (Å²) in [7, 11) is 2.08. The molecule has 1 heterocycles. The van der Waals surface area contributed by atoms with Crippen molar-refractivity contribution in [2.45, 2.75) is 36.6 Å². The molecule has 1 aromatic carbocycles. The molecule has 92 valence electrons. The van der Waals surface area contributed by atoms with Crippen LogP contribution in [0.3, 0.4) is 0 Å². The number of rotatable bonds is 5. The summed E-state index contributed by atoms with van der Waals surface area (Å²) < 4.78 is 0. The van der Waals surface area contributed by atoms with E-state index in [1.807, 2.05) is 11.8 Å². The van der Waals surface area contributed by atoms with Crippen molar-refractivity contribution < 1.29 is 0 Å². The van der Waals surface area contributed by atoms with E-state index in [0.29, 0.717) is 12.0 Å². The fourth-order valence-corrected chi connectivity index (χ4v) is 3.80. The smallest absolute Gasteiger partial charge is 0.0144 e. The highest BCUT2D eigenvalue weighted by Gasteiger charge is 2.28. The van der Waals surface area contributed by atoms with E-state index < -0.39 is 0 Å². The average Bonchev–Trinajstić information content (AvgIpc) is 2.74. The number of nitrogens with one attached hydrogen (secondary N) is 1. The Labute approximate surface area is 109 Å². The Morgan fingerprint density at radius 1 is 1.53 bits per heavy atom. The fraction of sp³-hybridized carbons (Fsp3) is 0.467. The van der Waals surface area contributed by atoms with Crippen molar-refractivity contribution in [3.63, 3.8) is 0 Å². The van der Waals surface area contributed by atoms with Crippen LogP contribution in [0.1, 0.15) is 31.2 Å². The van der Waals surface area contributed by atoms with Gasteiger partial charge in [-0.1, -0.05) is 23.8 Å². The minimum atomic E-state index is 0.572. The standard InChI is InChI=1S/C15H21NS/c1-11(2)8-9-14(16-3)13-10-17-15-7-5-4-6-12(13)15/h4-7,13-14,16H,1,8-10H2,2-3H3. The maximum atomic E-state index is 4.00. The van der Waals surface area contributed by atoms with Gasteiger partial charge < -0.3 is 5.32 Å². The Hall–Kier alpha value is -0.730. The zero-order valence-corrected chi connectivity index (χ0v) is 11.5. The molecule has 0 amide bonds. The second-order valence-corrected chi connectivity index (χ2v) is 5.91. The van der Waals surface area contributed by atoms with E-state index >= 15 is 0 Å². The summed E-state index contributed by atoms with van der Waals surface area (Å²) >= 11 is 1.99. The van der Waals surface area contributed by atoms with Crippen LogP contribution in [0.5, 0.6) is 0 Å². The van der Waals surface area contributed by atoms with Gasteiger partial charge in [-0.05, 0) is 38.4 Å². The quantitative estimate of drug-likeness (QED) is 0.794. The van der Waals surface area contributed by atoms with Gasteiger partial charge in [-0.2, -0.15) is 0 Å². The summed E-state index contributed by atoms with van der Waals surface area (Å²) in [5.74, 6) is 1.86. The Balaban J connectivity index is 2.09. The van der Waals surface area contributed by atoms with Crippen LogP contribution < -0.4 is 5.32 Å². The first kappa shape index (κ1) is 12.7. The van der Waals surface area contributed by atoms with E-state index in [2.05, 4.69) is 50.1 Å². The number of hydrogen-bond donors (Lipinski definition) is 1. The number of benzene rings is 1. The SMILES string of the molecule is C=C(C)CCC(NC)C1CSc2ccccc21. The molecule has 17 heavy (non-hydrogen) atoms. The van der Waals surface area contributed by atoms with Crippen molar-refractivity contribution >= 4 is 11.8 Å². The van der Waals surface area contributed by atoms with Crippen molar-refractivity contribution in [2.75, 3.05) is 12.8 Å². The number of allylic oxidation sites excluding steroid dienone is 1. The van der Waals surface area contributed by atoms with Crippen LogP contribution in [-0.4, -0.2) is 18.8 Å². The van der Waals surface area contributed by atoms with E-state index in [0.717, 1.165) is 6.42 Å². The van der Waals surface area contributed by atoms with Gasteiger partial charge in [0.15, 0.2) is 0 Å². The summed E-state index contributed by atoms with van der Waals surface area (Å²) in [6, 6.07) is 9.39. The van der Waals surface area contributed by atoms with Crippen molar-refractivity contribution in [1.82, 2.24) is 5.32 Å². The van der Waals surface area contributed by atoms with Gasteiger partial charge in [0.05, 0.1) is 0 Å². The van der Waals surface area contributed by atoms with Gasteiger partial charge in [0, 0.05) is 22.6 Å². The molecule has 0 bridgehead atoms. The molecule has 0 fully saturated rings. The topological polar surface area (TPSA) is 12.0 Å². The molecule has 0 aliphatic carbocycles. The van der Waals surface area contributed by atoms with E-state index in [-0.39, 0.29) is 0 Å². The van der Waals surface area contributed by atoms with E-state index in [9.17, 15) is 0 Å². The summed E-state index contributed by atoms with van der Waals surface area (Å²) in [5.41, 5.74) is 2.81. The second-order valence-electron chi connectivity index (χ2n) is 4.85. The molecule has 0 radical (unpaired) electrons. The molecule has 1 aliphatic rings. The van der Waals surface area contributed by atoms with Gasteiger partial charge in [0.1, 0.15) is 0 Å². The zero-order valence-electron chi connectivity index (χ0n) is 10.7. The van der Waals surface area contributed by atoms with Crippen molar-refractivity contribution in [2.24, 2.45) is 0 Å². The molecular weight excluding hydrogens is 226 g/mol. The fourth-order valence-electron chi connectivity index (χ4n) is 2.47. The molecule has 0 spiro atoms. The predicted octanol–water partition coefficient (Wildman–Crippen LogP) is 3.82. The second kappa shape index (κ2) is 5.74. The molecule has 0 saturated heterocycles. The molecule has 2 heteroatoms. The molecule has 2 rings (SSSR count). The van der Waals surface area contributed by atoms with Crippen LogP contribution in [-0.2, 0) is 0 Å². The van der Waals surface area contributed by atoms with Gasteiger partial charge >= 0.3 is 0 Å². The molecule has 2 atom stereocenters. The molecule has 1 aliphatic heterocycles. The number of fused-ring (bicyclic) bond motifs is 1. The Morgan fingerprint density at radius 2 is 2.29 bits per heavy atom. The first-order chi connectivity index (χ1) is 8.22. The molecule has 1 N–H and O–H groups in total. The predicted molar refractivity (Wildman–Crippen MR) is 76.8 cm³/mol. The minimum absolute atomic E-state index is 0.572. The maximum Gasteiger partial charge on any atom is 0.0144 e. The third-order valence-electron chi connectivity index (χ3n) is 3.48. The monoisotopic (exact) mass is 247 g/mol. The van der Waals surface area contributed by atoms with Crippen molar-refractivity contribution in [3.05, 3.63) is 42.0 Å². The molecule has 1 nitrogen and oxygen atoms in total. The third kappa shape index (κ3) is 2.93. The van der Waals surface area contributed by atoms with Gasteiger partial charge in [-0.25, -0.2) is 0 Å². The number of thioether (sulfide) groups is 1. The van der Waals surface area contributed by atoms with Crippen LogP contribution in [0.4, 0.5) is 0 Å². The highest BCUT2D eigenvalue weighted by Crippen LogP contribution is 2.41. The average molecular weight is 247 g/mol. The van der Waals surface area contributed by atoms with E-state index in [1.165, 1.54) is 28.2 Å². The minimum Gasteiger partial charge on any atom is -0.316 e. The normalized spacial score (nSPS) is 20.0. The van der Waals surface area contributed by atoms with Gasteiger partial charge in [-0.3, -0.25) is 0 Å². The maximum absolute atomic E-state index is 4.00. The Kier molecular flexibility index (Phi) is 4.30. The Morgan fingerprint density at radius 3 is 3.00 bits per heavy atom. The largest absolute Gasteiger partial charge is 0.316 e. The summed E-state index contributed by atoms with van der Waals surface area (Å²) in [6.45, 7) is 6.11. The van der Waals surface area contributed by atoms with Crippen LogP contribution in [0, 0.1) is 0 Å². The molecule has 0 saturated carbocycles. The Bertz CT molecular complexity index is 400. The van der Waals surface area contributed by atoms with Crippen LogP contribution in [0.25, 0.3) is 0 Å². The molecule has 1 aromatic rings. The van der Waals surface area contributed by atoms with Gasteiger partial charge in [0.25, 0.3) is 0 Å². The summed E-state index contributed by atoms with van der Waals surface area (Å²) in [6.07, 6.45) is 2.31. The summed E-state index contributed by atoms with van der Waals surface area (Å²) in [5, 5.41) is 3.49. The van der Waals surface area contributed by atoms with Gasteiger partial charge in [-0.15, -0.1) is 18.3 Å². The third-order valence-corrected chi connectivity index (χ3v) is 4.68. The van der Waals surface area contributed by atoms with Gasteiger partial charge in [0.2, 0.25) is 0 Å². The lowest BCUT2D eigenvalue weighted by molar-refractivity contribution is 0.461. The van der Waals surface area contributed by atoms with E-state index in [1.54, 1.807) is 0 Å². The van der Waals surface area contributed by atoms with Crippen molar-refractivity contribution in [1.29, 1.82) is 0 Å². The number of likely N-dealkylation sites (N-methyl/N-ethyl adjacent to an activating group) is 1. The van der Waals surface area contributed by atoms with Crippen LogP contribution >= 0.6 is 11.8 Å². The highest BCUT2D eigenvalue weighted by atomic mass is 32.2. The summed E-state index contributed by atoms with van der Waals surface area (Å²) in [4.78, 5) is 1.47. The molecule has 2 unspecified atom stereocenters. The lowest BCUT2D eigenvalue weighted by Crippen LogP contribution is -2.32. The number of hydrogen-bond acceptors (Lipinski definition) is 2. The lowest BCUT2D eigenvalue weighted by Gasteiger charge is -2.23. The van der Waals surface area contributed by atoms with E-state index in [4.69, 9.17) is 0 Å². The first-order valence-electron chi connectivity index (χ1n) is 6.25. The highest BCUT2D eigenvalue weighted by molar-refractivity contribution is 7.99. The first-order valence-corrected chi connectivity index (χ1v) is 7.24. The molecule has 0 aromatic heterocycles. The lowest BCUT2D eigenvalue weighted by atomic mass is 9.90. The zero-order chi connectivity index (χ0) is 12.3. The van der Waals surface area contributed by atoms with Crippen LogP contribution in [0.2, 0.25) is 0 Å². The molecular formula is C15H21NS.